The smallest absolute Gasteiger partial charge is 0.322 e. The Morgan fingerprint density at radius 3 is 2.67 bits per heavy atom. The number of piperidine rings is 1. The number of hydrogen-bond acceptors (Lipinski definition) is 5. The average Bonchev–Trinajstić information content (AvgIpc) is 3.33. The van der Waals surface area contributed by atoms with Crippen LogP contribution in [0.1, 0.15) is 40.0 Å². The van der Waals surface area contributed by atoms with E-state index in [2.05, 4.69) is 15.2 Å². The predicted octanol–water partition coefficient (Wildman–Crippen LogP) is 4.80. The number of anilines is 3. The number of fused-ring (bicyclic) bond motifs is 2. The van der Waals surface area contributed by atoms with Crippen LogP contribution in [-0.2, 0) is 12.8 Å². The first-order chi connectivity index (χ1) is 18.9. The molecule has 2 aromatic carbocycles. The van der Waals surface area contributed by atoms with Crippen molar-refractivity contribution in [3.05, 3.63) is 76.9 Å². The summed E-state index contributed by atoms with van der Waals surface area (Å²) in [5.41, 5.74) is 5.51. The summed E-state index contributed by atoms with van der Waals surface area (Å²) in [6, 6.07) is 12.7. The monoisotopic (exact) mass is 529 g/mol. The number of rotatable bonds is 4. The molecule has 9 heteroatoms. The summed E-state index contributed by atoms with van der Waals surface area (Å²) in [4.78, 5) is 36.7. The number of nitrogens with one attached hydrogen (secondary N) is 1. The molecular formula is C30H32FN5O3. The molecule has 1 aromatic heterocycles. The molecule has 0 unspecified atom stereocenters. The van der Waals surface area contributed by atoms with Crippen LogP contribution in [0.5, 0.6) is 5.75 Å². The lowest BCUT2D eigenvalue weighted by atomic mass is 10.0. The second-order valence-electron chi connectivity index (χ2n) is 10.4. The Labute approximate surface area is 227 Å². The fourth-order valence-electron chi connectivity index (χ4n) is 6.05. The highest BCUT2D eigenvalue weighted by molar-refractivity contribution is 6.06. The number of carbonyl (C=O) groups is 2. The summed E-state index contributed by atoms with van der Waals surface area (Å²) in [6.07, 6.45) is 4.76. The zero-order valence-corrected chi connectivity index (χ0v) is 22.2. The molecule has 1 fully saturated rings. The van der Waals surface area contributed by atoms with E-state index in [1.165, 1.54) is 6.07 Å². The van der Waals surface area contributed by atoms with Gasteiger partial charge in [-0.2, -0.15) is 0 Å². The topological polar surface area (TPSA) is 78.0 Å². The van der Waals surface area contributed by atoms with Crippen LogP contribution in [0.2, 0.25) is 0 Å². The van der Waals surface area contributed by atoms with Gasteiger partial charge >= 0.3 is 6.03 Å². The highest BCUT2D eigenvalue weighted by Gasteiger charge is 2.32. The largest absolute Gasteiger partial charge is 0.497 e. The van der Waals surface area contributed by atoms with E-state index in [9.17, 15) is 14.0 Å². The Morgan fingerprint density at radius 1 is 1.05 bits per heavy atom. The molecule has 3 aromatic rings. The number of halogens is 1. The molecule has 3 amide bonds. The number of benzene rings is 2. The maximum absolute atomic E-state index is 14.0. The molecule has 8 nitrogen and oxygen atoms in total. The van der Waals surface area contributed by atoms with Gasteiger partial charge in [-0.15, -0.1) is 0 Å². The number of methoxy groups -OCH3 is 1. The van der Waals surface area contributed by atoms with Crippen molar-refractivity contribution in [2.24, 2.45) is 0 Å². The van der Waals surface area contributed by atoms with E-state index in [-0.39, 0.29) is 23.8 Å². The van der Waals surface area contributed by atoms with Crippen LogP contribution in [-0.4, -0.2) is 61.2 Å². The van der Waals surface area contributed by atoms with Crippen molar-refractivity contribution in [3.63, 3.8) is 0 Å². The zero-order valence-electron chi connectivity index (χ0n) is 22.2. The van der Waals surface area contributed by atoms with Crippen molar-refractivity contribution >= 4 is 29.0 Å². The molecule has 0 aliphatic carbocycles. The third-order valence-corrected chi connectivity index (χ3v) is 8.30. The molecule has 0 bridgehead atoms. The Hall–Kier alpha value is -4.14. The summed E-state index contributed by atoms with van der Waals surface area (Å²) in [6.45, 7) is 4.49. The highest BCUT2D eigenvalue weighted by Crippen LogP contribution is 2.33. The van der Waals surface area contributed by atoms with Gasteiger partial charge in [0.15, 0.2) is 0 Å². The molecule has 0 atom stereocenters. The van der Waals surface area contributed by atoms with Gasteiger partial charge in [0.25, 0.3) is 5.91 Å². The second-order valence-corrected chi connectivity index (χ2v) is 10.4. The normalized spacial score (nSPS) is 17.4. The first kappa shape index (κ1) is 25.2. The van der Waals surface area contributed by atoms with E-state index in [4.69, 9.17) is 4.74 Å². The molecule has 0 spiro atoms. The van der Waals surface area contributed by atoms with Crippen molar-refractivity contribution in [2.75, 3.05) is 48.4 Å². The lowest BCUT2D eigenvalue weighted by Crippen LogP contribution is -2.49. The van der Waals surface area contributed by atoms with Gasteiger partial charge in [0.1, 0.15) is 17.3 Å². The number of nitrogens with zero attached hydrogens (tertiary/aromatic N) is 4. The number of pyridine rings is 1. The van der Waals surface area contributed by atoms with Gasteiger partial charge in [-0.1, -0.05) is 0 Å². The van der Waals surface area contributed by atoms with E-state index >= 15 is 0 Å². The zero-order chi connectivity index (χ0) is 27.1. The quantitative estimate of drug-likeness (QED) is 0.526. The van der Waals surface area contributed by atoms with Crippen molar-refractivity contribution in [1.29, 1.82) is 0 Å². The molecule has 1 saturated heterocycles. The summed E-state index contributed by atoms with van der Waals surface area (Å²) < 4.78 is 19.4. The first-order valence-electron chi connectivity index (χ1n) is 13.5. The van der Waals surface area contributed by atoms with Gasteiger partial charge in [0.2, 0.25) is 0 Å². The van der Waals surface area contributed by atoms with E-state index in [0.717, 1.165) is 66.3 Å². The number of hydrogen-bond donors (Lipinski definition) is 1. The van der Waals surface area contributed by atoms with Crippen molar-refractivity contribution in [2.45, 2.75) is 38.6 Å². The third kappa shape index (κ3) is 4.66. The van der Waals surface area contributed by atoms with Crippen LogP contribution < -0.4 is 19.9 Å². The Kier molecular flexibility index (Phi) is 6.58. The Morgan fingerprint density at radius 2 is 1.87 bits per heavy atom. The second kappa shape index (κ2) is 10.2. The Bertz CT molecular complexity index is 1440. The number of carbonyl (C=O) groups excluding carboxylic acids is 2. The van der Waals surface area contributed by atoms with Crippen LogP contribution in [0.25, 0.3) is 0 Å². The fourth-order valence-corrected chi connectivity index (χ4v) is 6.05. The van der Waals surface area contributed by atoms with Crippen LogP contribution in [0.4, 0.5) is 26.2 Å². The molecule has 202 valence electrons. The minimum Gasteiger partial charge on any atom is -0.497 e. The van der Waals surface area contributed by atoms with Gasteiger partial charge in [0.05, 0.1) is 7.11 Å². The van der Waals surface area contributed by atoms with Crippen molar-refractivity contribution in [1.82, 2.24) is 9.88 Å². The molecule has 3 aliphatic heterocycles. The van der Waals surface area contributed by atoms with E-state index in [1.54, 1.807) is 31.2 Å². The van der Waals surface area contributed by atoms with E-state index in [0.29, 0.717) is 30.8 Å². The van der Waals surface area contributed by atoms with Gasteiger partial charge in [0, 0.05) is 55.5 Å². The number of ether oxygens (including phenoxy) is 1. The van der Waals surface area contributed by atoms with Gasteiger partial charge in [-0.3, -0.25) is 9.78 Å². The SMILES string of the molecule is COc1ccc2c(c1)CCN(C1CCN(c3ccnc(C(=O)N4CCc5c4ccc(F)c5C)c3)CC1)C(=O)N2. The molecule has 0 saturated carbocycles. The summed E-state index contributed by atoms with van der Waals surface area (Å²) in [7, 11) is 1.65. The van der Waals surface area contributed by atoms with Crippen LogP contribution in [0.15, 0.2) is 48.7 Å². The summed E-state index contributed by atoms with van der Waals surface area (Å²) in [5, 5.41) is 3.07. The minimum atomic E-state index is -0.242. The molecule has 6 rings (SSSR count). The predicted molar refractivity (Wildman–Crippen MR) is 148 cm³/mol. The van der Waals surface area contributed by atoms with Crippen LogP contribution in [0, 0.1) is 12.7 Å². The van der Waals surface area contributed by atoms with Crippen molar-refractivity contribution < 1.29 is 18.7 Å². The summed E-state index contributed by atoms with van der Waals surface area (Å²) in [5.74, 6) is 0.376. The molecule has 1 N–H and O–H groups in total. The minimum absolute atomic E-state index is 0.0600. The molecular weight excluding hydrogens is 497 g/mol. The third-order valence-electron chi connectivity index (χ3n) is 8.30. The van der Waals surface area contributed by atoms with Crippen LogP contribution in [0.3, 0.4) is 0 Å². The molecule has 4 heterocycles. The van der Waals surface area contributed by atoms with Gasteiger partial charge in [-0.05, 0) is 91.8 Å². The van der Waals surface area contributed by atoms with Crippen molar-refractivity contribution in [3.8, 4) is 5.75 Å². The molecule has 39 heavy (non-hydrogen) atoms. The summed E-state index contributed by atoms with van der Waals surface area (Å²) >= 11 is 0. The van der Waals surface area contributed by atoms with E-state index in [1.807, 2.05) is 35.2 Å². The molecule has 3 aliphatic rings. The average molecular weight is 530 g/mol. The maximum atomic E-state index is 14.0. The van der Waals surface area contributed by atoms with E-state index < -0.39 is 0 Å². The lowest BCUT2D eigenvalue weighted by Gasteiger charge is -2.39. The first-order valence-corrected chi connectivity index (χ1v) is 13.5. The Balaban J connectivity index is 1.11. The fraction of sp³-hybridized carbons (Fsp3) is 0.367. The highest BCUT2D eigenvalue weighted by atomic mass is 19.1. The number of urea groups is 1. The van der Waals surface area contributed by atoms with Crippen LogP contribution >= 0.6 is 0 Å². The van der Waals surface area contributed by atoms with Gasteiger partial charge < -0.3 is 24.8 Å². The number of amides is 3. The number of aromatic nitrogens is 1. The maximum Gasteiger partial charge on any atom is 0.322 e. The standard InChI is InChI=1S/C30H32FN5O3/c1-19-24-11-16-36(28(24)6-4-25(19)31)29(37)27-18-22(7-12-32-27)34-13-9-21(10-14-34)35-15-8-20-17-23(39-2)3-5-26(20)33-30(35)38/h3-7,12,17-18,21H,8-11,13-16H2,1-2H3,(H,33,38). The lowest BCUT2D eigenvalue weighted by molar-refractivity contribution is 0.0984. The van der Waals surface area contributed by atoms with Gasteiger partial charge in [-0.25, -0.2) is 9.18 Å². The molecule has 0 radical (unpaired) electrons.